The number of hydrogen-bond donors (Lipinski definition) is 2. The summed E-state index contributed by atoms with van der Waals surface area (Å²) in [7, 11) is 0. The van der Waals surface area contributed by atoms with E-state index in [1.54, 1.807) is 18.2 Å². The Labute approximate surface area is 112 Å². The SMILES string of the molecule is N/C(Cc1cccc(Cl)c1)=C(\C(=O)O)C(=O)C(F)F. The highest BCUT2D eigenvalue weighted by atomic mass is 35.5. The van der Waals surface area contributed by atoms with E-state index in [2.05, 4.69) is 0 Å². The Bertz CT molecular complexity index is 544. The van der Waals surface area contributed by atoms with Gasteiger partial charge in [-0.15, -0.1) is 0 Å². The van der Waals surface area contributed by atoms with Crippen molar-refractivity contribution in [3.8, 4) is 0 Å². The average Bonchev–Trinajstić information content (AvgIpc) is 2.28. The van der Waals surface area contributed by atoms with E-state index < -0.39 is 29.4 Å². The van der Waals surface area contributed by atoms with E-state index in [0.29, 0.717) is 10.6 Å². The molecule has 0 atom stereocenters. The molecule has 0 spiro atoms. The molecule has 1 aromatic rings. The van der Waals surface area contributed by atoms with Crippen molar-refractivity contribution in [3.05, 3.63) is 46.1 Å². The van der Waals surface area contributed by atoms with Gasteiger partial charge in [0.05, 0.1) is 0 Å². The zero-order valence-corrected chi connectivity index (χ0v) is 10.3. The molecule has 0 bridgehead atoms. The molecular weight excluding hydrogens is 280 g/mol. The van der Waals surface area contributed by atoms with Gasteiger partial charge in [-0.05, 0) is 17.7 Å². The highest BCUT2D eigenvalue weighted by molar-refractivity contribution is 6.30. The van der Waals surface area contributed by atoms with Gasteiger partial charge in [0.1, 0.15) is 5.57 Å². The summed E-state index contributed by atoms with van der Waals surface area (Å²) in [6, 6.07) is 6.28. The van der Waals surface area contributed by atoms with Crippen LogP contribution in [0.4, 0.5) is 8.78 Å². The van der Waals surface area contributed by atoms with Crippen molar-refractivity contribution in [3.63, 3.8) is 0 Å². The number of carboxylic acids is 1. The molecule has 0 saturated heterocycles. The number of benzene rings is 1. The molecule has 0 unspecified atom stereocenters. The number of Topliss-reactive ketones (excluding diaryl/α,β-unsaturated/α-hetero) is 1. The normalized spacial score (nSPS) is 12.2. The molecule has 0 fully saturated rings. The molecule has 7 heteroatoms. The highest BCUT2D eigenvalue weighted by Crippen LogP contribution is 2.16. The minimum atomic E-state index is -3.41. The second-order valence-corrected chi connectivity index (χ2v) is 4.11. The van der Waals surface area contributed by atoms with Crippen LogP contribution in [0.5, 0.6) is 0 Å². The molecule has 0 saturated carbocycles. The number of ketones is 1. The third kappa shape index (κ3) is 4.03. The molecular formula is C12H10ClF2NO3. The first kappa shape index (κ1) is 15.1. The smallest absolute Gasteiger partial charge is 0.341 e. The van der Waals surface area contributed by atoms with Crippen molar-refractivity contribution in [1.29, 1.82) is 0 Å². The van der Waals surface area contributed by atoms with Crippen LogP contribution in [0.15, 0.2) is 35.5 Å². The van der Waals surface area contributed by atoms with E-state index in [9.17, 15) is 18.4 Å². The van der Waals surface area contributed by atoms with Crippen molar-refractivity contribution in [2.24, 2.45) is 5.73 Å². The predicted octanol–water partition coefficient (Wildman–Crippen LogP) is 2.01. The standard InChI is InChI=1S/C12H10ClF2NO3/c13-7-3-1-2-6(4-7)5-8(16)9(12(18)19)10(17)11(14)15/h1-4,11H,5,16H2,(H,18,19)/b9-8-. The Hall–Kier alpha value is -1.95. The Morgan fingerprint density at radius 2 is 2.00 bits per heavy atom. The number of allylic oxidation sites excluding steroid dienone is 1. The minimum absolute atomic E-state index is 0.152. The fourth-order valence-corrected chi connectivity index (χ4v) is 1.68. The van der Waals surface area contributed by atoms with Gasteiger partial charge in [0.2, 0.25) is 5.78 Å². The van der Waals surface area contributed by atoms with Gasteiger partial charge in [-0.3, -0.25) is 4.79 Å². The number of nitrogens with two attached hydrogens (primary N) is 1. The summed E-state index contributed by atoms with van der Waals surface area (Å²) in [6.45, 7) is 0. The summed E-state index contributed by atoms with van der Waals surface area (Å²) in [6.07, 6.45) is -3.57. The molecule has 0 radical (unpaired) electrons. The van der Waals surface area contributed by atoms with Gasteiger partial charge >= 0.3 is 12.4 Å². The second-order valence-electron chi connectivity index (χ2n) is 3.68. The first-order valence-corrected chi connectivity index (χ1v) is 5.49. The first-order chi connectivity index (χ1) is 8.82. The van der Waals surface area contributed by atoms with Crippen LogP contribution < -0.4 is 5.73 Å². The highest BCUT2D eigenvalue weighted by Gasteiger charge is 2.28. The van der Waals surface area contributed by atoms with Crippen LogP contribution in [0.25, 0.3) is 0 Å². The molecule has 3 N–H and O–H groups in total. The Morgan fingerprint density at radius 1 is 1.37 bits per heavy atom. The van der Waals surface area contributed by atoms with Crippen LogP contribution in [-0.4, -0.2) is 23.3 Å². The number of hydrogen-bond acceptors (Lipinski definition) is 3. The number of rotatable bonds is 5. The van der Waals surface area contributed by atoms with Crippen LogP contribution in [0.3, 0.4) is 0 Å². The average molecular weight is 290 g/mol. The van der Waals surface area contributed by atoms with Crippen LogP contribution in [-0.2, 0) is 16.0 Å². The summed E-state index contributed by atoms with van der Waals surface area (Å²) < 4.78 is 24.6. The summed E-state index contributed by atoms with van der Waals surface area (Å²) >= 11 is 5.72. The number of aliphatic carboxylic acids is 1. The van der Waals surface area contributed by atoms with E-state index in [1.807, 2.05) is 0 Å². The zero-order chi connectivity index (χ0) is 14.6. The van der Waals surface area contributed by atoms with E-state index in [4.69, 9.17) is 22.4 Å². The summed E-state index contributed by atoms with van der Waals surface area (Å²) in [5, 5.41) is 9.17. The Balaban J connectivity index is 3.10. The third-order valence-electron chi connectivity index (χ3n) is 2.26. The fraction of sp³-hybridized carbons (Fsp3) is 0.167. The molecule has 1 rings (SSSR count). The van der Waals surface area contributed by atoms with E-state index in [-0.39, 0.29) is 6.42 Å². The predicted molar refractivity (Wildman–Crippen MR) is 65.0 cm³/mol. The maximum atomic E-state index is 12.3. The molecule has 19 heavy (non-hydrogen) atoms. The molecule has 4 nitrogen and oxygen atoms in total. The molecule has 102 valence electrons. The van der Waals surface area contributed by atoms with Crippen molar-refractivity contribution >= 4 is 23.4 Å². The summed E-state index contributed by atoms with van der Waals surface area (Å²) in [5.74, 6) is -3.57. The lowest BCUT2D eigenvalue weighted by molar-refractivity contribution is -0.137. The summed E-state index contributed by atoms with van der Waals surface area (Å²) in [5.41, 5.74) is 4.44. The lowest BCUT2D eigenvalue weighted by Crippen LogP contribution is -2.24. The third-order valence-corrected chi connectivity index (χ3v) is 2.50. The topological polar surface area (TPSA) is 80.4 Å². The largest absolute Gasteiger partial charge is 0.477 e. The van der Waals surface area contributed by atoms with Crippen LogP contribution in [0.2, 0.25) is 5.02 Å². The van der Waals surface area contributed by atoms with Crippen molar-refractivity contribution in [2.45, 2.75) is 12.8 Å². The Morgan fingerprint density at radius 3 is 2.47 bits per heavy atom. The number of carbonyl (C=O) groups is 2. The van der Waals surface area contributed by atoms with Crippen LogP contribution in [0.1, 0.15) is 5.56 Å². The second kappa shape index (κ2) is 6.29. The van der Waals surface area contributed by atoms with Gasteiger partial charge in [-0.1, -0.05) is 23.7 Å². The first-order valence-electron chi connectivity index (χ1n) is 5.11. The molecule has 0 heterocycles. The fourth-order valence-electron chi connectivity index (χ4n) is 1.47. The van der Waals surface area contributed by atoms with Gasteiger partial charge in [0.15, 0.2) is 0 Å². The maximum absolute atomic E-state index is 12.3. The summed E-state index contributed by atoms with van der Waals surface area (Å²) in [4.78, 5) is 21.9. The quantitative estimate of drug-likeness (QED) is 0.494. The van der Waals surface area contributed by atoms with E-state index in [1.165, 1.54) is 6.07 Å². The van der Waals surface area contributed by atoms with E-state index >= 15 is 0 Å². The van der Waals surface area contributed by atoms with Gasteiger partial charge in [-0.2, -0.15) is 0 Å². The molecule has 0 amide bonds. The molecule has 0 aliphatic rings. The minimum Gasteiger partial charge on any atom is -0.477 e. The molecule has 0 aliphatic heterocycles. The lowest BCUT2D eigenvalue weighted by atomic mass is 10.0. The number of carboxylic acid groups (broad SMARTS) is 1. The van der Waals surface area contributed by atoms with Crippen molar-refractivity contribution in [1.82, 2.24) is 0 Å². The van der Waals surface area contributed by atoms with E-state index in [0.717, 1.165) is 0 Å². The van der Waals surface area contributed by atoms with Gasteiger partial charge in [0.25, 0.3) is 0 Å². The van der Waals surface area contributed by atoms with Crippen molar-refractivity contribution in [2.75, 3.05) is 0 Å². The van der Waals surface area contributed by atoms with Gasteiger partial charge in [-0.25, -0.2) is 13.6 Å². The number of carbonyl (C=O) groups excluding carboxylic acids is 1. The van der Waals surface area contributed by atoms with Crippen LogP contribution >= 0.6 is 11.6 Å². The van der Waals surface area contributed by atoms with Crippen LogP contribution in [0, 0.1) is 0 Å². The molecule has 1 aromatic carbocycles. The lowest BCUT2D eigenvalue weighted by Gasteiger charge is -2.07. The van der Waals surface area contributed by atoms with Gasteiger partial charge in [0, 0.05) is 17.1 Å². The zero-order valence-electron chi connectivity index (χ0n) is 9.57. The monoisotopic (exact) mass is 289 g/mol. The number of halogens is 3. The Kier molecular flexibility index (Phi) is 5.00. The van der Waals surface area contributed by atoms with Crippen molar-refractivity contribution < 1.29 is 23.5 Å². The molecule has 0 aromatic heterocycles. The maximum Gasteiger partial charge on any atom is 0.341 e. The number of alkyl halides is 2. The van der Waals surface area contributed by atoms with Gasteiger partial charge < -0.3 is 10.8 Å². The molecule has 0 aliphatic carbocycles.